The Bertz CT molecular complexity index is 847. The molecule has 0 fully saturated rings. The molecule has 1 aromatic heterocycles. The van der Waals surface area contributed by atoms with Crippen molar-refractivity contribution < 1.29 is 27.5 Å². The molecule has 2 aromatic rings. The van der Waals surface area contributed by atoms with Crippen molar-refractivity contribution in [3.05, 3.63) is 58.2 Å². The number of ether oxygens (including phenoxy) is 1. The Hall–Kier alpha value is -2.52. The van der Waals surface area contributed by atoms with Crippen molar-refractivity contribution in [2.75, 3.05) is 12.4 Å². The second-order valence-electron chi connectivity index (χ2n) is 5.16. The van der Waals surface area contributed by atoms with E-state index in [1.165, 1.54) is 30.3 Å². The minimum absolute atomic E-state index is 0.0967. The van der Waals surface area contributed by atoms with Gasteiger partial charge in [-0.05, 0) is 24.3 Å². The van der Waals surface area contributed by atoms with E-state index in [4.69, 9.17) is 23.2 Å². The number of pyridine rings is 1. The standard InChI is InChI=1S/C16H12Cl2F3N3O3/c1-27-14(26)15(16(19,20)21,23-12-7-6-9(17)8-22-12)24-13(25)10-4-2-3-5-11(10)18/h2-8H,1H3,(H,22,23)(H,24,25)/t15-/m1/s1. The fourth-order valence-electron chi connectivity index (χ4n) is 2.07. The minimum atomic E-state index is -5.29. The zero-order valence-electron chi connectivity index (χ0n) is 13.6. The molecule has 0 bridgehead atoms. The molecule has 0 aliphatic carbocycles. The lowest BCUT2D eigenvalue weighted by atomic mass is 10.1. The van der Waals surface area contributed by atoms with Gasteiger partial charge in [-0.1, -0.05) is 35.3 Å². The maximum absolute atomic E-state index is 13.9. The van der Waals surface area contributed by atoms with Gasteiger partial charge in [0.2, 0.25) is 0 Å². The zero-order valence-corrected chi connectivity index (χ0v) is 15.1. The summed E-state index contributed by atoms with van der Waals surface area (Å²) in [6.07, 6.45) is -4.23. The van der Waals surface area contributed by atoms with Crippen LogP contribution in [0.4, 0.5) is 19.0 Å². The lowest BCUT2D eigenvalue weighted by molar-refractivity contribution is -0.203. The first kappa shape index (κ1) is 20.8. The van der Waals surface area contributed by atoms with Gasteiger partial charge in [-0.15, -0.1) is 0 Å². The van der Waals surface area contributed by atoms with E-state index in [-0.39, 0.29) is 21.4 Å². The number of rotatable bonds is 5. The smallest absolute Gasteiger partial charge is 0.441 e. The SMILES string of the molecule is COC(=O)[C@](NC(=O)c1ccccc1Cl)(Nc1ccc(Cl)cn1)C(F)(F)F. The van der Waals surface area contributed by atoms with Crippen LogP contribution in [0.3, 0.4) is 0 Å². The van der Waals surface area contributed by atoms with Crippen molar-refractivity contribution in [3.8, 4) is 0 Å². The van der Waals surface area contributed by atoms with Crippen LogP contribution in [-0.2, 0) is 9.53 Å². The Kier molecular flexibility index (Phi) is 6.17. The van der Waals surface area contributed by atoms with Crippen LogP contribution in [0.25, 0.3) is 0 Å². The van der Waals surface area contributed by atoms with Crippen LogP contribution in [0.2, 0.25) is 10.0 Å². The van der Waals surface area contributed by atoms with E-state index in [2.05, 4.69) is 9.72 Å². The number of carbonyl (C=O) groups excluding carboxylic acids is 2. The van der Waals surface area contributed by atoms with Crippen LogP contribution in [0, 0.1) is 0 Å². The maximum atomic E-state index is 13.9. The van der Waals surface area contributed by atoms with Crippen molar-refractivity contribution >= 4 is 40.9 Å². The van der Waals surface area contributed by atoms with Gasteiger partial charge < -0.3 is 15.4 Å². The van der Waals surface area contributed by atoms with Gasteiger partial charge in [0.25, 0.3) is 5.91 Å². The molecule has 0 unspecified atom stereocenters. The highest BCUT2D eigenvalue weighted by Crippen LogP contribution is 2.33. The highest BCUT2D eigenvalue weighted by atomic mass is 35.5. The highest BCUT2D eigenvalue weighted by molar-refractivity contribution is 6.34. The third-order valence-electron chi connectivity index (χ3n) is 3.38. The largest absolute Gasteiger partial charge is 0.466 e. The number of hydrogen-bond donors (Lipinski definition) is 2. The Labute approximate surface area is 161 Å². The normalized spacial score (nSPS) is 13.4. The van der Waals surface area contributed by atoms with Crippen LogP contribution in [0.5, 0.6) is 0 Å². The van der Waals surface area contributed by atoms with Gasteiger partial charge in [-0.2, -0.15) is 13.2 Å². The summed E-state index contributed by atoms with van der Waals surface area (Å²) >= 11 is 11.5. The van der Waals surface area contributed by atoms with Crippen LogP contribution in [0.1, 0.15) is 10.4 Å². The van der Waals surface area contributed by atoms with Crippen molar-refractivity contribution in [3.63, 3.8) is 0 Å². The van der Waals surface area contributed by atoms with Gasteiger partial charge in [0.05, 0.1) is 22.7 Å². The van der Waals surface area contributed by atoms with E-state index in [1.54, 1.807) is 5.32 Å². The number of alkyl halides is 3. The maximum Gasteiger partial charge on any atom is 0.441 e. The average molecular weight is 422 g/mol. The Morgan fingerprint density at radius 2 is 1.78 bits per heavy atom. The molecule has 0 spiro atoms. The Morgan fingerprint density at radius 3 is 2.30 bits per heavy atom. The zero-order chi connectivity index (χ0) is 20.2. The molecule has 2 rings (SSSR count). The van der Waals surface area contributed by atoms with Crippen LogP contribution in [0.15, 0.2) is 42.6 Å². The highest BCUT2D eigenvalue weighted by Gasteiger charge is 2.63. The number of nitrogens with one attached hydrogen (secondary N) is 2. The second-order valence-corrected chi connectivity index (χ2v) is 6.00. The van der Waals surface area contributed by atoms with Gasteiger partial charge in [0, 0.05) is 6.20 Å². The van der Waals surface area contributed by atoms with E-state index < -0.39 is 23.7 Å². The molecule has 6 nitrogen and oxygen atoms in total. The first-order valence-electron chi connectivity index (χ1n) is 7.22. The lowest BCUT2D eigenvalue weighted by Crippen LogP contribution is -2.69. The van der Waals surface area contributed by atoms with Crippen molar-refractivity contribution in [2.45, 2.75) is 11.8 Å². The summed E-state index contributed by atoms with van der Waals surface area (Å²) in [4.78, 5) is 28.2. The van der Waals surface area contributed by atoms with Crippen molar-refractivity contribution in [2.24, 2.45) is 0 Å². The Balaban J connectivity index is 2.50. The second kappa shape index (κ2) is 8.01. The molecular formula is C16H12Cl2F3N3O3. The van der Waals surface area contributed by atoms with Gasteiger partial charge in [-0.3, -0.25) is 4.79 Å². The quantitative estimate of drug-likeness (QED) is 0.568. The van der Waals surface area contributed by atoms with E-state index >= 15 is 0 Å². The first-order valence-corrected chi connectivity index (χ1v) is 7.98. The van der Waals surface area contributed by atoms with Gasteiger partial charge in [0.1, 0.15) is 5.82 Å². The van der Waals surface area contributed by atoms with Crippen LogP contribution >= 0.6 is 23.2 Å². The fourth-order valence-corrected chi connectivity index (χ4v) is 2.40. The number of esters is 1. The minimum Gasteiger partial charge on any atom is -0.466 e. The summed E-state index contributed by atoms with van der Waals surface area (Å²) in [5.74, 6) is -3.42. The molecular weight excluding hydrogens is 410 g/mol. The molecule has 1 aromatic carbocycles. The third-order valence-corrected chi connectivity index (χ3v) is 3.93. The number of amides is 1. The molecule has 1 atom stereocenters. The van der Waals surface area contributed by atoms with E-state index in [0.29, 0.717) is 0 Å². The molecule has 2 N–H and O–H groups in total. The average Bonchev–Trinajstić information content (AvgIpc) is 2.61. The number of halogens is 5. The first-order chi connectivity index (χ1) is 12.6. The molecule has 0 saturated carbocycles. The number of hydrogen-bond acceptors (Lipinski definition) is 5. The Morgan fingerprint density at radius 1 is 1.11 bits per heavy atom. The number of carbonyl (C=O) groups is 2. The number of methoxy groups -OCH3 is 1. The number of aromatic nitrogens is 1. The van der Waals surface area contributed by atoms with Crippen molar-refractivity contribution in [1.82, 2.24) is 10.3 Å². The molecule has 27 heavy (non-hydrogen) atoms. The number of anilines is 1. The monoisotopic (exact) mass is 421 g/mol. The summed E-state index contributed by atoms with van der Waals surface area (Å²) in [5, 5.41) is 3.59. The molecule has 0 radical (unpaired) electrons. The molecule has 144 valence electrons. The number of benzene rings is 1. The van der Waals surface area contributed by atoms with Crippen LogP contribution in [-0.4, -0.2) is 35.8 Å². The molecule has 1 heterocycles. The van der Waals surface area contributed by atoms with Crippen molar-refractivity contribution in [1.29, 1.82) is 0 Å². The molecule has 0 aliphatic heterocycles. The van der Waals surface area contributed by atoms with Crippen LogP contribution < -0.4 is 10.6 Å². The summed E-state index contributed by atoms with van der Waals surface area (Å²) in [6.45, 7) is 0. The summed E-state index contributed by atoms with van der Waals surface area (Å²) in [6, 6.07) is 7.78. The van der Waals surface area contributed by atoms with Gasteiger partial charge in [-0.25, -0.2) is 9.78 Å². The van der Waals surface area contributed by atoms with E-state index in [0.717, 1.165) is 19.4 Å². The summed E-state index contributed by atoms with van der Waals surface area (Å²) < 4.78 is 46.0. The summed E-state index contributed by atoms with van der Waals surface area (Å²) in [7, 11) is 0.751. The molecule has 0 aliphatic rings. The fraction of sp³-hybridized carbons (Fsp3) is 0.188. The van der Waals surface area contributed by atoms with E-state index in [1.807, 2.05) is 5.32 Å². The summed E-state index contributed by atoms with van der Waals surface area (Å²) in [5.41, 5.74) is -3.87. The molecule has 0 saturated heterocycles. The lowest BCUT2D eigenvalue weighted by Gasteiger charge is -2.34. The molecule has 11 heteroatoms. The van der Waals surface area contributed by atoms with Gasteiger partial charge in [0.15, 0.2) is 0 Å². The molecule has 1 amide bonds. The predicted octanol–water partition coefficient (Wildman–Crippen LogP) is 3.66. The third kappa shape index (κ3) is 4.42. The number of nitrogens with zero attached hydrogens (tertiary/aromatic N) is 1. The predicted molar refractivity (Wildman–Crippen MR) is 92.6 cm³/mol. The van der Waals surface area contributed by atoms with E-state index in [9.17, 15) is 22.8 Å². The van der Waals surface area contributed by atoms with Gasteiger partial charge >= 0.3 is 17.8 Å². The topological polar surface area (TPSA) is 80.3 Å².